The van der Waals surface area contributed by atoms with Crippen LogP contribution in [0.2, 0.25) is 0 Å². The van der Waals surface area contributed by atoms with Gasteiger partial charge in [-0.2, -0.15) is 5.10 Å². The van der Waals surface area contributed by atoms with Crippen LogP contribution in [0.4, 0.5) is 11.4 Å². The van der Waals surface area contributed by atoms with Gasteiger partial charge in [0, 0.05) is 10.2 Å². The van der Waals surface area contributed by atoms with E-state index in [1.165, 1.54) is 0 Å². The number of amides is 1. The highest BCUT2D eigenvalue weighted by atomic mass is 79.9. The van der Waals surface area contributed by atoms with Crippen molar-refractivity contribution in [1.82, 2.24) is 10.2 Å². The Morgan fingerprint density at radius 3 is 2.70 bits per heavy atom. The highest BCUT2D eigenvalue weighted by molar-refractivity contribution is 9.10. The van der Waals surface area contributed by atoms with E-state index in [-0.39, 0.29) is 17.5 Å². The standard InChI is InChI=1S/C14H17BrN4O/c1-7(2)12-11(16)13(19-18-12)14(20)17-9-4-5-10(15)8(3)6-9/h4-7H,16H2,1-3H3,(H,17,20)(H,18,19). The van der Waals surface area contributed by atoms with Gasteiger partial charge in [0.25, 0.3) is 5.91 Å². The first-order chi connectivity index (χ1) is 9.40. The van der Waals surface area contributed by atoms with Gasteiger partial charge >= 0.3 is 0 Å². The first kappa shape index (κ1) is 14.6. The number of nitrogens with one attached hydrogen (secondary N) is 2. The molecule has 0 saturated carbocycles. The van der Waals surface area contributed by atoms with Crippen LogP contribution in [0.25, 0.3) is 0 Å². The van der Waals surface area contributed by atoms with Crippen molar-refractivity contribution in [2.75, 3.05) is 11.1 Å². The van der Waals surface area contributed by atoms with Gasteiger partial charge in [0.05, 0.1) is 11.4 Å². The molecule has 0 aliphatic heterocycles. The lowest BCUT2D eigenvalue weighted by Gasteiger charge is -2.06. The number of nitrogen functional groups attached to an aromatic ring is 1. The zero-order valence-corrected chi connectivity index (χ0v) is 13.2. The molecular formula is C14H17BrN4O. The maximum absolute atomic E-state index is 12.2. The molecule has 0 radical (unpaired) electrons. The van der Waals surface area contributed by atoms with E-state index in [1.54, 1.807) is 0 Å². The Kier molecular flexibility index (Phi) is 4.13. The average Bonchev–Trinajstić information content (AvgIpc) is 2.76. The lowest BCUT2D eigenvalue weighted by molar-refractivity contribution is 0.102. The normalized spacial score (nSPS) is 10.8. The number of aromatic nitrogens is 2. The monoisotopic (exact) mass is 336 g/mol. The lowest BCUT2D eigenvalue weighted by atomic mass is 10.1. The Labute approximate surface area is 126 Å². The fraction of sp³-hybridized carbons (Fsp3) is 0.286. The minimum absolute atomic E-state index is 0.193. The minimum atomic E-state index is -0.313. The van der Waals surface area contributed by atoms with E-state index in [1.807, 2.05) is 39.0 Å². The summed E-state index contributed by atoms with van der Waals surface area (Å²) in [6, 6.07) is 5.59. The fourth-order valence-corrected chi connectivity index (χ4v) is 2.14. The van der Waals surface area contributed by atoms with Crippen LogP contribution in [-0.4, -0.2) is 16.1 Å². The molecule has 0 bridgehead atoms. The van der Waals surface area contributed by atoms with E-state index in [4.69, 9.17) is 5.73 Å². The summed E-state index contributed by atoms with van der Waals surface area (Å²) in [4.78, 5) is 12.2. The number of benzene rings is 1. The van der Waals surface area contributed by atoms with Crippen molar-refractivity contribution in [2.24, 2.45) is 0 Å². The maximum Gasteiger partial charge on any atom is 0.278 e. The summed E-state index contributed by atoms with van der Waals surface area (Å²) in [6.07, 6.45) is 0. The third-order valence-corrected chi connectivity index (χ3v) is 3.93. The highest BCUT2D eigenvalue weighted by Gasteiger charge is 2.19. The maximum atomic E-state index is 12.2. The fourth-order valence-electron chi connectivity index (χ4n) is 1.89. The van der Waals surface area contributed by atoms with Crippen molar-refractivity contribution in [3.8, 4) is 0 Å². The van der Waals surface area contributed by atoms with Crippen LogP contribution < -0.4 is 11.1 Å². The van der Waals surface area contributed by atoms with Gasteiger partial charge < -0.3 is 11.1 Å². The molecule has 1 aromatic carbocycles. The van der Waals surface area contributed by atoms with Gasteiger partial charge in [0.1, 0.15) is 0 Å². The molecule has 1 aromatic heterocycles. The van der Waals surface area contributed by atoms with Gasteiger partial charge in [-0.1, -0.05) is 29.8 Å². The number of carbonyl (C=O) groups is 1. The third kappa shape index (κ3) is 2.85. The van der Waals surface area contributed by atoms with E-state index < -0.39 is 0 Å². The SMILES string of the molecule is Cc1cc(NC(=O)c2n[nH]c(C(C)C)c2N)ccc1Br. The Morgan fingerprint density at radius 2 is 2.15 bits per heavy atom. The first-order valence-electron chi connectivity index (χ1n) is 6.31. The molecule has 1 heterocycles. The highest BCUT2D eigenvalue weighted by Crippen LogP contribution is 2.24. The molecule has 0 fully saturated rings. The number of nitrogens with zero attached hydrogens (tertiary/aromatic N) is 1. The summed E-state index contributed by atoms with van der Waals surface area (Å²) < 4.78 is 0.997. The molecular weight excluding hydrogens is 320 g/mol. The van der Waals surface area contributed by atoms with Crippen molar-refractivity contribution < 1.29 is 4.79 Å². The van der Waals surface area contributed by atoms with Crippen LogP contribution in [0, 0.1) is 6.92 Å². The number of hydrogen-bond acceptors (Lipinski definition) is 3. The van der Waals surface area contributed by atoms with Gasteiger partial charge in [-0.3, -0.25) is 9.89 Å². The number of aryl methyl sites for hydroxylation is 1. The van der Waals surface area contributed by atoms with E-state index in [0.717, 1.165) is 15.7 Å². The molecule has 0 aliphatic rings. The number of halogens is 1. The molecule has 0 atom stereocenters. The van der Waals surface area contributed by atoms with Gasteiger partial charge in [0.2, 0.25) is 0 Å². The van der Waals surface area contributed by atoms with Crippen LogP contribution >= 0.6 is 15.9 Å². The molecule has 5 nitrogen and oxygen atoms in total. The van der Waals surface area contributed by atoms with E-state index >= 15 is 0 Å². The molecule has 0 saturated heterocycles. The Hall–Kier alpha value is -1.82. The number of aromatic amines is 1. The van der Waals surface area contributed by atoms with Gasteiger partial charge in [-0.15, -0.1) is 0 Å². The van der Waals surface area contributed by atoms with Gasteiger partial charge in [0.15, 0.2) is 5.69 Å². The number of rotatable bonds is 3. The summed E-state index contributed by atoms with van der Waals surface area (Å²) in [5.41, 5.74) is 9.12. The summed E-state index contributed by atoms with van der Waals surface area (Å²) in [6.45, 7) is 5.94. The second-order valence-electron chi connectivity index (χ2n) is 4.97. The van der Waals surface area contributed by atoms with Crippen molar-refractivity contribution in [3.63, 3.8) is 0 Å². The predicted octanol–water partition coefficient (Wildman–Crippen LogP) is 3.44. The number of nitrogens with two attached hydrogens (primary N) is 1. The van der Waals surface area contributed by atoms with Crippen LogP contribution in [0.1, 0.15) is 41.5 Å². The summed E-state index contributed by atoms with van der Waals surface area (Å²) in [7, 11) is 0. The Balaban J connectivity index is 2.22. The zero-order chi connectivity index (χ0) is 14.9. The largest absolute Gasteiger partial charge is 0.395 e. The second kappa shape index (κ2) is 5.66. The molecule has 20 heavy (non-hydrogen) atoms. The summed E-state index contributed by atoms with van der Waals surface area (Å²) >= 11 is 3.42. The number of hydrogen-bond donors (Lipinski definition) is 3. The predicted molar refractivity (Wildman–Crippen MR) is 83.9 cm³/mol. The number of H-pyrrole nitrogens is 1. The van der Waals surface area contributed by atoms with Crippen LogP contribution in [0.15, 0.2) is 22.7 Å². The molecule has 1 amide bonds. The van der Waals surface area contributed by atoms with Crippen molar-refractivity contribution in [3.05, 3.63) is 39.6 Å². The zero-order valence-electron chi connectivity index (χ0n) is 11.6. The molecule has 2 rings (SSSR count). The molecule has 0 unspecified atom stereocenters. The summed E-state index contributed by atoms with van der Waals surface area (Å²) in [5, 5.41) is 9.62. The molecule has 0 aliphatic carbocycles. The number of carbonyl (C=O) groups excluding carboxylic acids is 1. The van der Waals surface area contributed by atoms with E-state index in [0.29, 0.717) is 11.4 Å². The third-order valence-electron chi connectivity index (χ3n) is 3.04. The van der Waals surface area contributed by atoms with Crippen molar-refractivity contribution >= 4 is 33.2 Å². The molecule has 6 heteroatoms. The quantitative estimate of drug-likeness (QED) is 0.802. The van der Waals surface area contributed by atoms with Crippen LogP contribution in [-0.2, 0) is 0 Å². The number of anilines is 2. The van der Waals surface area contributed by atoms with Crippen molar-refractivity contribution in [2.45, 2.75) is 26.7 Å². The molecule has 4 N–H and O–H groups in total. The molecule has 106 valence electrons. The molecule has 0 spiro atoms. The van der Waals surface area contributed by atoms with E-state index in [2.05, 4.69) is 31.4 Å². The van der Waals surface area contributed by atoms with E-state index in [9.17, 15) is 4.79 Å². The topological polar surface area (TPSA) is 83.8 Å². The van der Waals surface area contributed by atoms with Crippen LogP contribution in [0.3, 0.4) is 0 Å². The second-order valence-corrected chi connectivity index (χ2v) is 5.83. The lowest BCUT2D eigenvalue weighted by Crippen LogP contribution is -2.14. The van der Waals surface area contributed by atoms with Crippen LogP contribution in [0.5, 0.6) is 0 Å². The smallest absolute Gasteiger partial charge is 0.278 e. The van der Waals surface area contributed by atoms with Gasteiger partial charge in [-0.05, 0) is 36.6 Å². The Morgan fingerprint density at radius 1 is 1.45 bits per heavy atom. The Bertz CT molecular complexity index is 649. The molecule has 2 aromatic rings. The van der Waals surface area contributed by atoms with Gasteiger partial charge in [-0.25, -0.2) is 0 Å². The average molecular weight is 337 g/mol. The minimum Gasteiger partial charge on any atom is -0.395 e. The van der Waals surface area contributed by atoms with Crippen molar-refractivity contribution in [1.29, 1.82) is 0 Å². The first-order valence-corrected chi connectivity index (χ1v) is 7.10. The summed E-state index contributed by atoms with van der Waals surface area (Å²) in [5.74, 6) is -0.119.